The minimum absolute atomic E-state index is 0.208. The molecule has 0 spiro atoms. The van der Waals surface area contributed by atoms with Crippen LogP contribution in [0.3, 0.4) is 0 Å². The quantitative estimate of drug-likeness (QED) is 0.512. The average molecular weight is 140 g/mol. The summed E-state index contributed by atoms with van der Waals surface area (Å²) in [5, 5.41) is 9.38. The fourth-order valence-corrected chi connectivity index (χ4v) is 1.41. The predicted octanol–water partition coefficient (Wildman–Crippen LogP) is 2.26. The maximum atomic E-state index is 9.38. The number of hydrogen-bond acceptors (Lipinski definition) is 1. The first-order valence-corrected chi connectivity index (χ1v) is 4.16. The normalized spacial score (nSPS) is 29.3. The Labute approximate surface area is 62.8 Å². The van der Waals surface area contributed by atoms with Crippen molar-refractivity contribution >= 4 is 0 Å². The largest absolute Gasteiger partial charge is 0.389 e. The highest BCUT2D eigenvalue weighted by molar-refractivity contribution is 5.01. The molecule has 1 fully saturated rings. The standard InChI is InChI=1S/C9H16O/c1-8-6-4-2-3-5-7-9(8)10/h9-10H,1-7H2/t9-/m1/s1. The van der Waals surface area contributed by atoms with Gasteiger partial charge in [-0.25, -0.2) is 0 Å². The van der Waals surface area contributed by atoms with Crippen LogP contribution >= 0.6 is 0 Å². The van der Waals surface area contributed by atoms with Crippen molar-refractivity contribution in [1.29, 1.82) is 0 Å². The highest BCUT2D eigenvalue weighted by atomic mass is 16.3. The lowest BCUT2D eigenvalue weighted by Crippen LogP contribution is -2.11. The van der Waals surface area contributed by atoms with Crippen LogP contribution < -0.4 is 0 Å². The first-order chi connectivity index (χ1) is 4.80. The van der Waals surface area contributed by atoms with E-state index in [1.54, 1.807) is 0 Å². The van der Waals surface area contributed by atoms with Crippen LogP contribution in [0.15, 0.2) is 12.2 Å². The molecule has 1 heteroatoms. The van der Waals surface area contributed by atoms with E-state index in [-0.39, 0.29) is 6.10 Å². The maximum absolute atomic E-state index is 9.38. The van der Waals surface area contributed by atoms with E-state index >= 15 is 0 Å². The second-order valence-electron chi connectivity index (χ2n) is 3.13. The van der Waals surface area contributed by atoms with Crippen LogP contribution in [0.25, 0.3) is 0 Å². The molecule has 1 aliphatic rings. The topological polar surface area (TPSA) is 20.2 Å². The van der Waals surface area contributed by atoms with E-state index in [2.05, 4.69) is 6.58 Å². The summed E-state index contributed by atoms with van der Waals surface area (Å²) in [6.07, 6.45) is 6.73. The number of rotatable bonds is 0. The smallest absolute Gasteiger partial charge is 0.0747 e. The van der Waals surface area contributed by atoms with Crippen molar-refractivity contribution in [3.05, 3.63) is 12.2 Å². The number of aliphatic hydroxyl groups is 1. The van der Waals surface area contributed by atoms with E-state index in [4.69, 9.17) is 0 Å². The Kier molecular flexibility index (Phi) is 2.94. The van der Waals surface area contributed by atoms with Crippen molar-refractivity contribution in [3.63, 3.8) is 0 Å². The van der Waals surface area contributed by atoms with Gasteiger partial charge >= 0.3 is 0 Å². The van der Waals surface area contributed by atoms with Crippen LogP contribution in [0.1, 0.15) is 38.5 Å². The molecule has 0 saturated heterocycles. The van der Waals surface area contributed by atoms with Crippen LogP contribution in [0.4, 0.5) is 0 Å². The van der Waals surface area contributed by atoms with Crippen LogP contribution in [0.5, 0.6) is 0 Å². The molecule has 0 aliphatic heterocycles. The molecule has 0 heterocycles. The second-order valence-corrected chi connectivity index (χ2v) is 3.13. The zero-order chi connectivity index (χ0) is 7.40. The lowest BCUT2D eigenvalue weighted by molar-refractivity contribution is 0.187. The molecule has 0 aromatic heterocycles. The average Bonchev–Trinajstić information content (AvgIpc) is 1.92. The van der Waals surface area contributed by atoms with Gasteiger partial charge in [0.15, 0.2) is 0 Å². The van der Waals surface area contributed by atoms with E-state index in [1.807, 2.05) is 0 Å². The van der Waals surface area contributed by atoms with Gasteiger partial charge in [-0.15, -0.1) is 0 Å². The van der Waals surface area contributed by atoms with Gasteiger partial charge in [0.05, 0.1) is 6.10 Å². The lowest BCUT2D eigenvalue weighted by atomic mass is 9.95. The molecule has 58 valence electrons. The maximum Gasteiger partial charge on any atom is 0.0747 e. The molecule has 1 saturated carbocycles. The zero-order valence-corrected chi connectivity index (χ0v) is 6.47. The van der Waals surface area contributed by atoms with E-state index in [1.165, 1.54) is 25.7 Å². The lowest BCUT2D eigenvalue weighted by Gasteiger charge is -2.16. The van der Waals surface area contributed by atoms with Gasteiger partial charge in [0.25, 0.3) is 0 Å². The molecule has 0 unspecified atom stereocenters. The zero-order valence-electron chi connectivity index (χ0n) is 6.47. The van der Waals surface area contributed by atoms with Gasteiger partial charge in [-0.2, -0.15) is 0 Å². The Morgan fingerprint density at radius 3 is 2.70 bits per heavy atom. The fourth-order valence-electron chi connectivity index (χ4n) is 1.41. The molecule has 1 aliphatic carbocycles. The first kappa shape index (κ1) is 7.80. The van der Waals surface area contributed by atoms with Gasteiger partial charge in [0, 0.05) is 0 Å². The monoisotopic (exact) mass is 140 g/mol. The molecule has 1 rings (SSSR count). The van der Waals surface area contributed by atoms with E-state index in [0.29, 0.717) is 0 Å². The van der Waals surface area contributed by atoms with Crippen molar-refractivity contribution in [2.24, 2.45) is 0 Å². The van der Waals surface area contributed by atoms with Crippen LogP contribution in [-0.4, -0.2) is 11.2 Å². The molecule has 10 heavy (non-hydrogen) atoms. The van der Waals surface area contributed by atoms with E-state index in [9.17, 15) is 5.11 Å². The minimum Gasteiger partial charge on any atom is -0.389 e. The third kappa shape index (κ3) is 2.14. The summed E-state index contributed by atoms with van der Waals surface area (Å²) in [7, 11) is 0. The molecular formula is C9H16O. The highest BCUT2D eigenvalue weighted by Gasteiger charge is 2.10. The fraction of sp³-hybridized carbons (Fsp3) is 0.778. The Bertz CT molecular complexity index is 118. The molecule has 0 amide bonds. The summed E-state index contributed by atoms with van der Waals surface area (Å²) in [5.41, 5.74) is 1.04. The van der Waals surface area contributed by atoms with E-state index in [0.717, 1.165) is 18.4 Å². The van der Waals surface area contributed by atoms with Crippen LogP contribution in [-0.2, 0) is 0 Å². The van der Waals surface area contributed by atoms with Gasteiger partial charge < -0.3 is 5.11 Å². The summed E-state index contributed by atoms with van der Waals surface area (Å²) in [6, 6.07) is 0. The van der Waals surface area contributed by atoms with Crippen LogP contribution in [0.2, 0.25) is 0 Å². The summed E-state index contributed by atoms with van der Waals surface area (Å²) in [4.78, 5) is 0. The summed E-state index contributed by atoms with van der Waals surface area (Å²) in [5.74, 6) is 0. The molecule has 0 aromatic rings. The second kappa shape index (κ2) is 3.77. The minimum atomic E-state index is -0.208. The molecule has 0 aromatic carbocycles. The van der Waals surface area contributed by atoms with Crippen molar-refractivity contribution < 1.29 is 5.11 Å². The van der Waals surface area contributed by atoms with Gasteiger partial charge in [0.1, 0.15) is 0 Å². The molecule has 1 atom stereocenters. The Hall–Kier alpha value is -0.300. The Balaban J connectivity index is 2.35. The van der Waals surface area contributed by atoms with E-state index < -0.39 is 0 Å². The molecule has 0 radical (unpaired) electrons. The molecule has 0 bridgehead atoms. The van der Waals surface area contributed by atoms with Gasteiger partial charge in [-0.1, -0.05) is 25.8 Å². The highest BCUT2D eigenvalue weighted by Crippen LogP contribution is 2.20. The third-order valence-corrected chi connectivity index (χ3v) is 2.20. The van der Waals surface area contributed by atoms with Gasteiger partial charge in [0.2, 0.25) is 0 Å². The van der Waals surface area contributed by atoms with Crippen molar-refractivity contribution in [2.45, 2.75) is 44.6 Å². The van der Waals surface area contributed by atoms with Gasteiger partial charge in [-0.05, 0) is 24.8 Å². The van der Waals surface area contributed by atoms with Crippen molar-refractivity contribution in [3.8, 4) is 0 Å². The predicted molar refractivity (Wildman–Crippen MR) is 42.8 cm³/mol. The number of hydrogen-bond donors (Lipinski definition) is 1. The molecule has 1 N–H and O–H groups in total. The summed E-state index contributed by atoms with van der Waals surface area (Å²) < 4.78 is 0. The first-order valence-electron chi connectivity index (χ1n) is 4.16. The molecular weight excluding hydrogens is 124 g/mol. The van der Waals surface area contributed by atoms with Crippen molar-refractivity contribution in [1.82, 2.24) is 0 Å². The summed E-state index contributed by atoms with van der Waals surface area (Å²) >= 11 is 0. The summed E-state index contributed by atoms with van der Waals surface area (Å²) in [6.45, 7) is 3.85. The Morgan fingerprint density at radius 1 is 1.20 bits per heavy atom. The third-order valence-electron chi connectivity index (χ3n) is 2.20. The Morgan fingerprint density at radius 2 is 1.90 bits per heavy atom. The number of aliphatic hydroxyl groups excluding tert-OH is 1. The van der Waals surface area contributed by atoms with Crippen molar-refractivity contribution in [2.75, 3.05) is 0 Å². The SMILES string of the molecule is C=C1CCCCCC[C@H]1O. The van der Waals surface area contributed by atoms with Gasteiger partial charge in [-0.3, -0.25) is 0 Å². The van der Waals surface area contributed by atoms with Crippen LogP contribution in [0, 0.1) is 0 Å². The molecule has 1 nitrogen and oxygen atoms in total.